The van der Waals surface area contributed by atoms with Crippen LogP contribution in [-0.2, 0) is 9.59 Å². The summed E-state index contributed by atoms with van der Waals surface area (Å²) >= 11 is 0. The second kappa shape index (κ2) is 7.09. The van der Waals surface area contributed by atoms with Crippen molar-refractivity contribution in [3.63, 3.8) is 0 Å². The minimum atomic E-state index is 0.000428. The summed E-state index contributed by atoms with van der Waals surface area (Å²) in [6.45, 7) is 5.82. The van der Waals surface area contributed by atoms with Crippen molar-refractivity contribution >= 4 is 11.8 Å². The largest absolute Gasteiger partial charge is 0.355 e. The van der Waals surface area contributed by atoms with Gasteiger partial charge < -0.3 is 10.2 Å². The van der Waals surface area contributed by atoms with E-state index in [1.807, 2.05) is 0 Å². The number of amides is 2. The molecule has 2 rings (SSSR count). The molecule has 20 heavy (non-hydrogen) atoms. The molecular weight excluding hydrogens is 252 g/mol. The molecule has 0 aromatic heterocycles. The van der Waals surface area contributed by atoms with Gasteiger partial charge in [0, 0.05) is 25.6 Å². The Morgan fingerprint density at radius 2 is 2.00 bits per heavy atom. The second-order valence-corrected chi connectivity index (χ2v) is 6.69. The predicted octanol–water partition coefficient (Wildman–Crippen LogP) is 2.33. The third-order valence-corrected chi connectivity index (χ3v) is 4.61. The zero-order chi connectivity index (χ0) is 14.5. The molecular formula is C16H28N2O2. The highest BCUT2D eigenvalue weighted by Crippen LogP contribution is 2.27. The van der Waals surface area contributed by atoms with Crippen LogP contribution in [0.1, 0.15) is 58.8 Å². The van der Waals surface area contributed by atoms with Crippen LogP contribution in [0.4, 0.5) is 0 Å². The standard InChI is InChI=1S/C16H28N2O2/c1-12(2)9-10-18(14-5-3-4-6-14)16(20)13-7-8-15(19)17-11-13/h12-14H,3-11H2,1-2H3,(H,17,19). The number of piperidine rings is 1. The number of rotatable bonds is 5. The number of hydrogen-bond donors (Lipinski definition) is 1. The summed E-state index contributed by atoms with van der Waals surface area (Å²) in [4.78, 5) is 26.1. The summed E-state index contributed by atoms with van der Waals surface area (Å²) in [5, 5.41) is 2.84. The molecule has 1 unspecified atom stereocenters. The van der Waals surface area contributed by atoms with E-state index in [9.17, 15) is 9.59 Å². The van der Waals surface area contributed by atoms with Gasteiger partial charge in [-0.15, -0.1) is 0 Å². The Balaban J connectivity index is 1.96. The Morgan fingerprint density at radius 3 is 2.55 bits per heavy atom. The topological polar surface area (TPSA) is 49.4 Å². The molecule has 114 valence electrons. The highest BCUT2D eigenvalue weighted by molar-refractivity contribution is 5.84. The van der Waals surface area contributed by atoms with Gasteiger partial charge in [0.25, 0.3) is 0 Å². The fraction of sp³-hybridized carbons (Fsp3) is 0.875. The van der Waals surface area contributed by atoms with E-state index >= 15 is 0 Å². The molecule has 2 aliphatic rings. The van der Waals surface area contributed by atoms with Gasteiger partial charge in [0.15, 0.2) is 0 Å². The van der Waals surface area contributed by atoms with Gasteiger partial charge in [0.2, 0.25) is 11.8 Å². The molecule has 1 N–H and O–H groups in total. The van der Waals surface area contributed by atoms with Crippen LogP contribution in [0.3, 0.4) is 0 Å². The van der Waals surface area contributed by atoms with Gasteiger partial charge >= 0.3 is 0 Å². The third-order valence-electron chi connectivity index (χ3n) is 4.61. The van der Waals surface area contributed by atoms with E-state index in [1.54, 1.807) is 0 Å². The minimum Gasteiger partial charge on any atom is -0.355 e. The number of nitrogens with zero attached hydrogens (tertiary/aromatic N) is 1. The molecule has 1 aliphatic heterocycles. The third kappa shape index (κ3) is 3.97. The highest BCUT2D eigenvalue weighted by atomic mass is 16.2. The summed E-state index contributed by atoms with van der Waals surface area (Å²) in [5.41, 5.74) is 0. The highest BCUT2D eigenvalue weighted by Gasteiger charge is 2.33. The van der Waals surface area contributed by atoms with Crippen LogP contribution in [0.25, 0.3) is 0 Å². The molecule has 2 amide bonds. The zero-order valence-corrected chi connectivity index (χ0v) is 12.9. The van der Waals surface area contributed by atoms with E-state index in [4.69, 9.17) is 0 Å². The summed E-state index contributed by atoms with van der Waals surface area (Å²) < 4.78 is 0. The lowest BCUT2D eigenvalue weighted by atomic mass is 9.96. The maximum absolute atomic E-state index is 12.8. The first kappa shape index (κ1) is 15.3. The first-order chi connectivity index (χ1) is 9.58. The van der Waals surface area contributed by atoms with Crippen LogP contribution in [0, 0.1) is 11.8 Å². The molecule has 1 saturated heterocycles. The molecule has 0 spiro atoms. The van der Waals surface area contributed by atoms with E-state index in [2.05, 4.69) is 24.1 Å². The van der Waals surface area contributed by atoms with E-state index in [-0.39, 0.29) is 17.7 Å². The minimum absolute atomic E-state index is 0.000428. The van der Waals surface area contributed by atoms with E-state index in [0.717, 1.165) is 32.2 Å². The van der Waals surface area contributed by atoms with Gasteiger partial charge in [0.05, 0.1) is 5.92 Å². The first-order valence-corrected chi connectivity index (χ1v) is 8.15. The smallest absolute Gasteiger partial charge is 0.227 e. The van der Waals surface area contributed by atoms with Crippen LogP contribution in [-0.4, -0.2) is 35.8 Å². The van der Waals surface area contributed by atoms with E-state index < -0.39 is 0 Å². The summed E-state index contributed by atoms with van der Waals surface area (Å²) in [5.74, 6) is 0.986. The Bertz CT molecular complexity index is 338. The normalized spacial score (nSPS) is 23.9. The number of carbonyl (C=O) groups excluding carboxylic acids is 2. The van der Waals surface area contributed by atoms with Crippen LogP contribution >= 0.6 is 0 Å². The van der Waals surface area contributed by atoms with Crippen LogP contribution in [0.15, 0.2) is 0 Å². The summed E-state index contributed by atoms with van der Waals surface area (Å²) in [6.07, 6.45) is 7.09. The van der Waals surface area contributed by atoms with Crippen LogP contribution < -0.4 is 5.32 Å². The van der Waals surface area contributed by atoms with E-state index in [1.165, 1.54) is 12.8 Å². The molecule has 1 saturated carbocycles. The van der Waals surface area contributed by atoms with Crippen LogP contribution in [0.2, 0.25) is 0 Å². The molecule has 1 aliphatic carbocycles. The Labute approximate surface area is 122 Å². The monoisotopic (exact) mass is 280 g/mol. The summed E-state index contributed by atoms with van der Waals surface area (Å²) in [7, 11) is 0. The van der Waals surface area contributed by atoms with Gasteiger partial charge in [-0.1, -0.05) is 26.7 Å². The maximum Gasteiger partial charge on any atom is 0.227 e. The van der Waals surface area contributed by atoms with Crippen molar-refractivity contribution in [1.29, 1.82) is 0 Å². The van der Waals surface area contributed by atoms with Crippen molar-refractivity contribution in [2.24, 2.45) is 11.8 Å². The lowest BCUT2D eigenvalue weighted by molar-refractivity contribution is -0.139. The molecule has 1 atom stereocenters. The van der Waals surface area contributed by atoms with Crippen molar-refractivity contribution in [3.05, 3.63) is 0 Å². The van der Waals surface area contributed by atoms with Crippen molar-refractivity contribution < 1.29 is 9.59 Å². The SMILES string of the molecule is CC(C)CCN(C(=O)C1CCC(=O)NC1)C1CCCC1. The molecule has 0 aromatic carbocycles. The first-order valence-electron chi connectivity index (χ1n) is 8.15. The number of hydrogen-bond acceptors (Lipinski definition) is 2. The maximum atomic E-state index is 12.8. The molecule has 4 heteroatoms. The van der Waals surface area contributed by atoms with Gasteiger partial charge in [0.1, 0.15) is 0 Å². The van der Waals surface area contributed by atoms with Gasteiger partial charge in [-0.25, -0.2) is 0 Å². The quantitative estimate of drug-likeness (QED) is 0.840. The Kier molecular flexibility index (Phi) is 5.44. The average Bonchev–Trinajstić information content (AvgIpc) is 2.93. The van der Waals surface area contributed by atoms with Crippen molar-refractivity contribution in [3.8, 4) is 0 Å². The Hall–Kier alpha value is -1.06. The molecule has 2 fully saturated rings. The van der Waals surface area contributed by atoms with Gasteiger partial charge in [-0.3, -0.25) is 9.59 Å². The molecule has 0 aromatic rings. The number of nitrogens with one attached hydrogen (secondary N) is 1. The summed E-state index contributed by atoms with van der Waals surface area (Å²) in [6, 6.07) is 0.443. The fourth-order valence-electron chi connectivity index (χ4n) is 3.26. The molecule has 0 bridgehead atoms. The fourth-order valence-corrected chi connectivity index (χ4v) is 3.26. The van der Waals surface area contributed by atoms with Crippen molar-refractivity contribution in [2.75, 3.05) is 13.1 Å². The Morgan fingerprint density at radius 1 is 1.30 bits per heavy atom. The predicted molar refractivity (Wildman–Crippen MR) is 79.2 cm³/mol. The van der Waals surface area contributed by atoms with E-state index in [0.29, 0.717) is 24.9 Å². The lowest BCUT2D eigenvalue weighted by Gasteiger charge is -2.34. The second-order valence-electron chi connectivity index (χ2n) is 6.69. The van der Waals surface area contributed by atoms with Gasteiger partial charge in [-0.2, -0.15) is 0 Å². The van der Waals surface area contributed by atoms with Crippen molar-refractivity contribution in [2.45, 2.75) is 64.8 Å². The zero-order valence-electron chi connectivity index (χ0n) is 12.9. The molecule has 1 heterocycles. The van der Waals surface area contributed by atoms with Crippen LogP contribution in [0.5, 0.6) is 0 Å². The molecule has 0 radical (unpaired) electrons. The van der Waals surface area contributed by atoms with Crippen molar-refractivity contribution in [1.82, 2.24) is 10.2 Å². The van der Waals surface area contributed by atoms with Gasteiger partial charge in [-0.05, 0) is 31.6 Å². The molecule has 4 nitrogen and oxygen atoms in total. The number of carbonyl (C=O) groups is 2. The lowest BCUT2D eigenvalue weighted by Crippen LogP contribution is -2.48. The average molecular weight is 280 g/mol.